The third kappa shape index (κ3) is 4.83. The summed E-state index contributed by atoms with van der Waals surface area (Å²) in [6.07, 6.45) is 0.673. The molecule has 3 heteroatoms. The number of rotatable bonds is 4. The van der Waals surface area contributed by atoms with E-state index in [0.29, 0.717) is 6.42 Å². The molecule has 0 saturated heterocycles. The summed E-state index contributed by atoms with van der Waals surface area (Å²) in [5.74, 6) is 5.45. The average Bonchev–Trinajstić information content (AvgIpc) is 2.33. The van der Waals surface area contributed by atoms with Crippen LogP contribution < -0.4 is 0 Å². The van der Waals surface area contributed by atoms with Crippen molar-refractivity contribution >= 4 is 0 Å². The molecular formula is C15H17F3. The smallest absolute Gasteiger partial charge is 0.166 e. The van der Waals surface area contributed by atoms with Crippen LogP contribution in [0.2, 0.25) is 0 Å². The van der Waals surface area contributed by atoms with Gasteiger partial charge in [0.05, 0.1) is 5.56 Å². The largest absolute Gasteiger partial charge is 0.417 e. The van der Waals surface area contributed by atoms with Crippen LogP contribution in [0.5, 0.6) is 0 Å². The summed E-state index contributed by atoms with van der Waals surface area (Å²) < 4.78 is 38.0. The van der Waals surface area contributed by atoms with Gasteiger partial charge in [0.1, 0.15) is 0 Å². The van der Waals surface area contributed by atoms with Crippen LogP contribution >= 0.6 is 0 Å². The van der Waals surface area contributed by atoms with E-state index in [9.17, 15) is 13.2 Å². The van der Waals surface area contributed by atoms with E-state index in [0.717, 1.165) is 31.7 Å². The molecule has 0 spiro atoms. The van der Waals surface area contributed by atoms with Crippen LogP contribution in [0, 0.1) is 11.8 Å². The molecular weight excluding hydrogens is 237 g/mol. The Morgan fingerprint density at radius 1 is 1.06 bits per heavy atom. The fourth-order valence-electron chi connectivity index (χ4n) is 1.64. The van der Waals surface area contributed by atoms with Gasteiger partial charge >= 0.3 is 6.18 Å². The Morgan fingerprint density at radius 3 is 2.44 bits per heavy atom. The van der Waals surface area contributed by atoms with Crippen molar-refractivity contribution in [2.45, 2.75) is 45.2 Å². The van der Waals surface area contributed by atoms with Crippen LogP contribution in [0.3, 0.4) is 0 Å². The Labute approximate surface area is 106 Å². The van der Waals surface area contributed by atoms with Gasteiger partial charge in [-0.1, -0.05) is 50.2 Å². The lowest BCUT2D eigenvalue weighted by molar-refractivity contribution is -0.137. The highest BCUT2D eigenvalue weighted by atomic mass is 19.4. The maximum absolute atomic E-state index is 12.7. The molecule has 0 N–H and O–H groups in total. The number of halogens is 3. The molecule has 0 bridgehead atoms. The molecule has 1 aromatic rings. The van der Waals surface area contributed by atoms with E-state index >= 15 is 0 Å². The van der Waals surface area contributed by atoms with Crippen LogP contribution in [0.4, 0.5) is 13.2 Å². The van der Waals surface area contributed by atoms with Crippen molar-refractivity contribution in [1.29, 1.82) is 0 Å². The zero-order valence-electron chi connectivity index (χ0n) is 10.5. The van der Waals surface area contributed by atoms with Crippen LogP contribution in [-0.4, -0.2) is 0 Å². The Bertz CT molecular complexity index is 421. The number of unbranched alkanes of at least 4 members (excludes halogenated alkanes) is 4. The molecule has 0 aliphatic heterocycles. The van der Waals surface area contributed by atoms with Gasteiger partial charge in [-0.15, -0.1) is 0 Å². The first-order valence-electron chi connectivity index (χ1n) is 6.20. The fraction of sp³-hybridized carbons (Fsp3) is 0.467. The minimum absolute atomic E-state index is 0.0699. The van der Waals surface area contributed by atoms with Gasteiger partial charge in [0.2, 0.25) is 0 Å². The third-order valence-corrected chi connectivity index (χ3v) is 2.61. The van der Waals surface area contributed by atoms with E-state index < -0.39 is 11.7 Å². The summed E-state index contributed by atoms with van der Waals surface area (Å²) in [6.45, 7) is 2.12. The molecule has 0 fully saturated rings. The molecule has 0 aliphatic rings. The third-order valence-electron chi connectivity index (χ3n) is 2.61. The highest BCUT2D eigenvalue weighted by molar-refractivity contribution is 5.42. The molecule has 0 saturated carbocycles. The summed E-state index contributed by atoms with van der Waals surface area (Å²) >= 11 is 0. The summed E-state index contributed by atoms with van der Waals surface area (Å²) in [5, 5.41) is 0. The van der Waals surface area contributed by atoms with Crippen molar-refractivity contribution in [3.05, 3.63) is 35.4 Å². The lowest BCUT2D eigenvalue weighted by Crippen LogP contribution is -2.07. The maximum atomic E-state index is 12.7. The van der Waals surface area contributed by atoms with Gasteiger partial charge in [0, 0.05) is 12.0 Å². The number of alkyl halides is 3. The lowest BCUT2D eigenvalue weighted by atomic mass is 10.1. The Hall–Kier alpha value is -1.43. The first kappa shape index (κ1) is 14.6. The van der Waals surface area contributed by atoms with Gasteiger partial charge < -0.3 is 0 Å². The maximum Gasteiger partial charge on any atom is 0.417 e. The molecule has 0 amide bonds. The molecule has 0 radical (unpaired) electrons. The van der Waals surface area contributed by atoms with E-state index in [-0.39, 0.29) is 5.56 Å². The SMILES string of the molecule is CCCCCCC#Cc1ccccc1C(F)(F)F. The quantitative estimate of drug-likeness (QED) is 0.522. The first-order valence-corrected chi connectivity index (χ1v) is 6.20. The zero-order valence-corrected chi connectivity index (χ0v) is 10.5. The number of hydrogen-bond donors (Lipinski definition) is 0. The second-order valence-electron chi connectivity index (χ2n) is 4.16. The summed E-state index contributed by atoms with van der Waals surface area (Å²) in [6, 6.07) is 5.45. The monoisotopic (exact) mass is 254 g/mol. The van der Waals surface area contributed by atoms with Crippen LogP contribution in [0.25, 0.3) is 0 Å². The van der Waals surface area contributed by atoms with E-state index in [4.69, 9.17) is 0 Å². The highest BCUT2D eigenvalue weighted by Crippen LogP contribution is 2.31. The van der Waals surface area contributed by atoms with E-state index in [1.807, 2.05) is 0 Å². The van der Waals surface area contributed by atoms with Crippen molar-refractivity contribution in [1.82, 2.24) is 0 Å². The molecule has 0 heterocycles. The normalized spacial score (nSPS) is 10.9. The van der Waals surface area contributed by atoms with E-state index in [2.05, 4.69) is 18.8 Å². The number of hydrogen-bond acceptors (Lipinski definition) is 0. The van der Waals surface area contributed by atoms with Crippen LogP contribution in [0.15, 0.2) is 24.3 Å². The second kappa shape index (κ2) is 7.10. The zero-order chi connectivity index (χ0) is 13.4. The predicted molar refractivity (Wildman–Crippen MR) is 67.1 cm³/mol. The fourth-order valence-corrected chi connectivity index (χ4v) is 1.64. The molecule has 0 nitrogen and oxygen atoms in total. The first-order chi connectivity index (χ1) is 8.55. The summed E-state index contributed by atoms with van der Waals surface area (Å²) in [5.41, 5.74) is -0.577. The van der Waals surface area contributed by atoms with Crippen molar-refractivity contribution in [3.63, 3.8) is 0 Å². The predicted octanol–water partition coefficient (Wildman–Crippen LogP) is 5.03. The van der Waals surface area contributed by atoms with Crippen LogP contribution in [-0.2, 0) is 6.18 Å². The Morgan fingerprint density at radius 2 is 1.78 bits per heavy atom. The van der Waals surface area contributed by atoms with Crippen molar-refractivity contribution in [3.8, 4) is 11.8 Å². The molecule has 0 aliphatic carbocycles. The molecule has 0 atom stereocenters. The average molecular weight is 254 g/mol. The Kier molecular flexibility index (Phi) is 5.77. The standard InChI is InChI=1S/C15H17F3/c1-2-3-4-5-6-7-10-13-11-8-9-12-14(13)15(16,17)18/h8-9,11-12H,2-6H2,1H3. The van der Waals surface area contributed by atoms with Gasteiger partial charge in [0.15, 0.2) is 0 Å². The Balaban J connectivity index is 2.65. The van der Waals surface area contributed by atoms with Crippen molar-refractivity contribution < 1.29 is 13.2 Å². The van der Waals surface area contributed by atoms with Gasteiger partial charge in [-0.3, -0.25) is 0 Å². The summed E-state index contributed by atoms with van der Waals surface area (Å²) in [4.78, 5) is 0. The van der Waals surface area contributed by atoms with Crippen molar-refractivity contribution in [2.24, 2.45) is 0 Å². The van der Waals surface area contributed by atoms with Crippen LogP contribution in [0.1, 0.15) is 50.2 Å². The molecule has 18 heavy (non-hydrogen) atoms. The van der Waals surface area contributed by atoms with Gasteiger partial charge in [0.25, 0.3) is 0 Å². The molecule has 1 aromatic carbocycles. The van der Waals surface area contributed by atoms with Crippen molar-refractivity contribution in [2.75, 3.05) is 0 Å². The molecule has 98 valence electrons. The summed E-state index contributed by atoms with van der Waals surface area (Å²) in [7, 11) is 0. The van der Waals surface area contributed by atoms with E-state index in [1.54, 1.807) is 6.07 Å². The second-order valence-corrected chi connectivity index (χ2v) is 4.16. The minimum atomic E-state index is -4.33. The molecule has 0 aromatic heterocycles. The topological polar surface area (TPSA) is 0 Å². The van der Waals surface area contributed by atoms with Gasteiger partial charge in [-0.2, -0.15) is 13.2 Å². The minimum Gasteiger partial charge on any atom is -0.166 e. The van der Waals surface area contributed by atoms with Gasteiger partial charge in [-0.25, -0.2) is 0 Å². The van der Waals surface area contributed by atoms with Gasteiger partial charge in [-0.05, 0) is 18.6 Å². The van der Waals surface area contributed by atoms with E-state index in [1.165, 1.54) is 12.1 Å². The molecule has 1 rings (SSSR count). The highest BCUT2D eigenvalue weighted by Gasteiger charge is 2.32. The number of benzene rings is 1. The molecule has 0 unspecified atom stereocenters. The lowest BCUT2D eigenvalue weighted by Gasteiger charge is -2.08.